The fourth-order valence-corrected chi connectivity index (χ4v) is 2.13. The Morgan fingerprint density at radius 1 is 1.09 bits per heavy atom. The monoisotopic (exact) mass is 310 g/mol. The van der Waals surface area contributed by atoms with Crippen LogP contribution in [0.2, 0.25) is 0 Å². The largest absolute Gasteiger partial charge is 0.545 e. The molecule has 1 heterocycles. The third kappa shape index (κ3) is 3.32. The molecule has 0 aromatic heterocycles. The zero-order valence-electron chi connectivity index (χ0n) is 11.9. The summed E-state index contributed by atoms with van der Waals surface area (Å²) in [6, 6.07) is 11.3. The molecule has 116 valence electrons. The minimum absolute atomic E-state index is 0.0719. The number of carboxylic acid groups (broad SMARTS) is 1. The lowest BCUT2D eigenvalue weighted by atomic mass is 10.1. The molecule has 0 atom stereocenters. The molecule has 0 saturated carbocycles. The second-order valence-corrected chi connectivity index (χ2v) is 4.77. The van der Waals surface area contributed by atoms with Gasteiger partial charge in [-0.05, 0) is 29.8 Å². The molecule has 23 heavy (non-hydrogen) atoms. The Kier molecular flexibility index (Phi) is 3.97. The molecule has 2 aromatic carbocycles. The van der Waals surface area contributed by atoms with E-state index in [-0.39, 0.29) is 18.0 Å². The number of fused-ring (bicyclic) bond motifs is 1. The number of benzene rings is 2. The van der Waals surface area contributed by atoms with Crippen molar-refractivity contribution in [2.24, 2.45) is 0 Å². The van der Waals surface area contributed by atoms with Gasteiger partial charge in [0.05, 0.1) is 11.7 Å². The van der Waals surface area contributed by atoms with E-state index in [4.69, 9.17) is 9.47 Å². The number of para-hydroxylation sites is 1. The zero-order chi connectivity index (χ0) is 16.2. The van der Waals surface area contributed by atoms with Crippen LogP contribution in [-0.2, 0) is 4.79 Å². The Labute approximate surface area is 132 Å². The maximum atomic E-state index is 11.9. The molecule has 6 heteroatoms. The number of carbonyl (C=O) groups is 2. The molecule has 0 aliphatic carbocycles. The number of amides is 1. The molecular formula is C17H12NO5-. The molecule has 1 aliphatic rings. The first kappa shape index (κ1) is 14.6. The van der Waals surface area contributed by atoms with E-state index in [1.165, 1.54) is 18.2 Å². The van der Waals surface area contributed by atoms with E-state index in [9.17, 15) is 14.7 Å². The van der Waals surface area contributed by atoms with Crippen LogP contribution in [0, 0.1) is 0 Å². The second kappa shape index (κ2) is 6.23. The summed E-state index contributed by atoms with van der Waals surface area (Å²) in [4.78, 5) is 22.9. The average molecular weight is 310 g/mol. The Bertz CT molecular complexity index is 797. The smallest absolute Gasteiger partial charge is 0.248 e. The molecule has 0 unspecified atom stereocenters. The van der Waals surface area contributed by atoms with E-state index in [0.29, 0.717) is 11.5 Å². The van der Waals surface area contributed by atoms with E-state index in [1.807, 2.05) is 0 Å². The molecule has 1 aliphatic heterocycles. The first-order chi connectivity index (χ1) is 11.1. The predicted molar refractivity (Wildman–Crippen MR) is 81.0 cm³/mol. The van der Waals surface area contributed by atoms with Crippen LogP contribution in [0.5, 0.6) is 11.5 Å². The number of hydrogen-bond acceptors (Lipinski definition) is 5. The van der Waals surface area contributed by atoms with Gasteiger partial charge >= 0.3 is 0 Å². The van der Waals surface area contributed by atoms with Crippen molar-refractivity contribution in [2.75, 3.05) is 12.1 Å². The van der Waals surface area contributed by atoms with Crippen LogP contribution in [0.25, 0.3) is 6.08 Å². The molecule has 0 fully saturated rings. The van der Waals surface area contributed by atoms with Crippen LogP contribution in [-0.4, -0.2) is 18.7 Å². The van der Waals surface area contributed by atoms with Crippen molar-refractivity contribution in [3.05, 3.63) is 59.7 Å². The summed E-state index contributed by atoms with van der Waals surface area (Å²) in [6.07, 6.45) is 2.91. The minimum atomic E-state index is -1.35. The Hall–Kier alpha value is -3.28. The standard InChI is InChI=1S/C17H13NO5/c19-16(18-13-4-2-1-3-12(13)17(20)21)8-6-11-5-7-14-15(9-11)23-10-22-14/h1-9H,10H2,(H,18,19)(H,20,21)/p-1. The van der Waals surface area contributed by atoms with Crippen LogP contribution in [0.1, 0.15) is 15.9 Å². The van der Waals surface area contributed by atoms with E-state index in [2.05, 4.69) is 5.32 Å². The highest BCUT2D eigenvalue weighted by Crippen LogP contribution is 2.32. The van der Waals surface area contributed by atoms with Gasteiger partial charge in [0.2, 0.25) is 12.7 Å². The van der Waals surface area contributed by atoms with Gasteiger partial charge in [-0.1, -0.05) is 24.3 Å². The molecule has 0 bridgehead atoms. The molecular weight excluding hydrogens is 298 g/mol. The summed E-state index contributed by atoms with van der Waals surface area (Å²) >= 11 is 0. The van der Waals surface area contributed by atoms with Gasteiger partial charge in [-0.15, -0.1) is 0 Å². The highest BCUT2D eigenvalue weighted by Gasteiger charge is 2.12. The summed E-state index contributed by atoms with van der Waals surface area (Å²) in [7, 11) is 0. The Morgan fingerprint density at radius 3 is 2.70 bits per heavy atom. The SMILES string of the molecule is O=C(C=Cc1ccc2c(c1)OCO2)Nc1ccccc1C(=O)[O-]. The van der Waals surface area contributed by atoms with Crippen molar-refractivity contribution >= 4 is 23.6 Å². The summed E-state index contributed by atoms with van der Waals surface area (Å²) < 4.78 is 10.5. The lowest BCUT2D eigenvalue weighted by molar-refractivity contribution is -0.254. The number of nitrogens with one attached hydrogen (secondary N) is 1. The van der Waals surface area contributed by atoms with Crippen LogP contribution in [0.15, 0.2) is 48.5 Å². The van der Waals surface area contributed by atoms with Gasteiger partial charge in [0.15, 0.2) is 11.5 Å². The lowest BCUT2D eigenvalue weighted by Crippen LogP contribution is -2.24. The van der Waals surface area contributed by atoms with Gasteiger partial charge < -0.3 is 24.7 Å². The Balaban J connectivity index is 1.71. The molecule has 2 aromatic rings. The number of aromatic carboxylic acids is 1. The maximum absolute atomic E-state index is 11.9. The van der Waals surface area contributed by atoms with E-state index in [1.54, 1.807) is 36.4 Å². The van der Waals surface area contributed by atoms with Gasteiger partial charge in [-0.25, -0.2) is 0 Å². The number of ether oxygens (including phenoxy) is 2. The normalized spacial score (nSPS) is 12.3. The van der Waals surface area contributed by atoms with Gasteiger partial charge in [-0.2, -0.15) is 0 Å². The highest BCUT2D eigenvalue weighted by molar-refractivity contribution is 6.05. The summed E-state index contributed by atoms with van der Waals surface area (Å²) in [5.74, 6) is -0.513. The number of hydrogen-bond donors (Lipinski definition) is 1. The van der Waals surface area contributed by atoms with Crippen LogP contribution < -0.4 is 19.9 Å². The topological polar surface area (TPSA) is 87.7 Å². The molecule has 3 rings (SSSR count). The van der Waals surface area contributed by atoms with Crippen molar-refractivity contribution in [3.63, 3.8) is 0 Å². The summed E-state index contributed by atoms with van der Waals surface area (Å²) in [5, 5.41) is 13.5. The fourth-order valence-electron chi connectivity index (χ4n) is 2.13. The van der Waals surface area contributed by atoms with Crippen molar-refractivity contribution in [3.8, 4) is 11.5 Å². The summed E-state index contributed by atoms with van der Waals surface area (Å²) in [5.41, 5.74) is 0.878. The van der Waals surface area contributed by atoms with Crippen molar-refractivity contribution < 1.29 is 24.2 Å². The van der Waals surface area contributed by atoms with Gasteiger partial charge in [0.25, 0.3) is 0 Å². The Morgan fingerprint density at radius 2 is 1.87 bits per heavy atom. The fraction of sp³-hybridized carbons (Fsp3) is 0.0588. The predicted octanol–water partition coefficient (Wildman–Crippen LogP) is 1.43. The number of carbonyl (C=O) groups excluding carboxylic acids is 2. The van der Waals surface area contributed by atoms with Crippen molar-refractivity contribution in [1.82, 2.24) is 0 Å². The second-order valence-electron chi connectivity index (χ2n) is 4.77. The molecule has 0 spiro atoms. The molecule has 0 radical (unpaired) electrons. The van der Waals surface area contributed by atoms with Gasteiger partial charge in [0, 0.05) is 11.6 Å². The first-order valence-corrected chi connectivity index (χ1v) is 6.82. The van der Waals surface area contributed by atoms with Crippen molar-refractivity contribution in [2.45, 2.75) is 0 Å². The highest BCUT2D eigenvalue weighted by atomic mass is 16.7. The number of rotatable bonds is 4. The molecule has 0 saturated heterocycles. The summed E-state index contributed by atoms with van der Waals surface area (Å²) in [6.45, 7) is 0.184. The minimum Gasteiger partial charge on any atom is -0.545 e. The van der Waals surface area contributed by atoms with Crippen LogP contribution in [0.3, 0.4) is 0 Å². The molecule has 6 nitrogen and oxygen atoms in total. The van der Waals surface area contributed by atoms with Crippen molar-refractivity contribution in [1.29, 1.82) is 0 Å². The van der Waals surface area contributed by atoms with E-state index >= 15 is 0 Å². The van der Waals surface area contributed by atoms with Gasteiger partial charge in [-0.3, -0.25) is 4.79 Å². The number of anilines is 1. The van der Waals surface area contributed by atoms with Crippen LogP contribution >= 0.6 is 0 Å². The molecule has 1 amide bonds. The lowest BCUT2D eigenvalue weighted by Gasteiger charge is -2.10. The average Bonchev–Trinajstić information content (AvgIpc) is 3.01. The zero-order valence-corrected chi connectivity index (χ0v) is 11.9. The molecule has 1 N–H and O–H groups in total. The first-order valence-electron chi connectivity index (χ1n) is 6.82. The van der Waals surface area contributed by atoms with E-state index in [0.717, 1.165) is 5.56 Å². The maximum Gasteiger partial charge on any atom is 0.248 e. The number of carboxylic acids is 1. The third-order valence-electron chi connectivity index (χ3n) is 3.23. The third-order valence-corrected chi connectivity index (χ3v) is 3.23. The van der Waals surface area contributed by atoms with Gasteiger partial charge in [0.1, 0.15) is 0 Å². The van der Waals surface area contributed by atoms with E-state index < -0.39 is 11.9 Å². The quantitative estimate of drug-likeness (QED) is 0.863. The van der Waals surface area contributed by atoms with Crippen LogP contribution in [0.4, 0.5) is 5.69 Å².